The molecular formula is C15H22N2O2. The summed E-state index contributed by atoms with van der Waals surface area (Å²) >= 11 is 0. The summed E-state index contributed by atoms with van der Waals surface area (Å²) in [4.78, 5) is 14.2. The Bertz CT molecular complexity index is 434. The van der Waals surface area contributed by atoms with E-state index in [1.165, 1.54) is 31.7 Å². The average molecular weight is 262 g/mol. The minimum absolute atomic E-state index is 0.0117. The molecule has 1 aromatic rings. The summed E-state index contributed by atoms with van der Waals surface area (Å²) in [7, 11) is 0. The van der Waals surface area contributed by atoms with Crippen LogP contribution in [0.1, 0.15) is 49.4 Å². The first-order valence-electron chi connectivity index (χ1n) is 7.19. The van der Waals surface area contributed by atoms with Gasteiger partial charge >= 0.3 is 0 Å². The first-order valence-corrected chi connectivity index (χ1v) is 7.19. The third-order valence-corrected chi connectivity index (χ3v) is 3.85. The number of carbonyl (C=O) groups excluding carboxylic acids is 1. The van der Waals surface area contributed by atoms with Crippen LogP contribution in [0.2, 0.25) is 0 Å². The van der Waals surface area contributed by atoms with Gasteiger partial charge in [0.05, 0.1) is 0 Å². The number of rotatable bonds is 3. The number of pyridine rings is 1. The molecule has 1 saturated heterocycles. The minimum atomic E-state index is -0.0117. The number of carbonyl (C=O) groups is 1. The number of hydrogen-bond acceptors (Lipinski definition) is 2. The van der Waals surface area contributed by atoms with Gasteiger partial charge in [-0.15, -0.1) is 0 Å². The molecule has 1 aromatic heterocycles. The van der Waals surface area contributed by atoms with Crippen LogP contribution in [-0.2, 0) is 0 Å². The summed E-state index contributed by atoms with van der Waals surface area (Å²) in [5, 5.41) is 11.2. The molecule has 0 aromatic carbocycles. The van der Waals surface area contributed by atoms with Crippen molar-refractivity contribution in [1.29, 1.82) is 0 Å². The first kappa shape index (κ1) is 13.8. The fraction of sp³-hybridized carbons (Fsp3) is 0.600. The molecule has 2 rings (SSSR count). The zero-order valence-electron chi connectivity index (χ0n) is 11.5. The second-order valence-corrected chi connectivity index (χ2v) is 5.33. The Kier molecular flexibility index (Phi) is 4.77. The van der Waals surface area contributed by atoms with E-state index in [4.69, 9.17) is 0 Å². The predicted octanol–water partition coefficient (Wildman–Crippen LogP) is 2.36. The first-order chi connectivity index (χ1) is 9.20. The number of hydrogen-bond donors (Lipinski definition) is 0. The number of aromatic nitrogens is 1. The molecule has 104 valence electrons. The monoisotopic (exact) mass is 262 g/mol. The molecule has 0 spiro atoms. The average Bonchev–Trinajstić information content (AvgIpc) is 2.64. The molecule has 0 bridgehead atoms. The fourth-order valence-electron chi connectivity index (χ4n) is 2.83. The summed E-state index contributed by atoms with van der Waals surface area (Å²) in [6.07, 6.45) is 8.60. The summed E-state index contributed by atoms with van der Waals surface area (Å²) in [6.45, 7) is 3.84. The van der Waals surface area contributed by atoms with Crippen molar-refractivity contribution in [3.8, 4) is 0 Å². The third kappa shape index (κ3) is 3.69. The van der Waals surface area contributed by atoms with Crippen molar-refractivity contribution in [3.63, 3.8) is 0 Å². The van der Waals surface area contributed by atoms with Gasteiger partial charge in [0, 0.05) is 19.2 Å². The summed E-state index contributed by atoms with van der Waals surface area (Å²) in [5.74, 6) is 0.741. The van der Waals surface area contributed by atoms with Crippen molar-refractivity contribution in [3.05, 3.63) is 35.3 Å². The van der Waals surface area contributed by atoms with Gasteiger partial charge in [-0.1, -0.05) is 19.8 Å². The van der Waals surface area contributed by atoms with Crippen molar-refractivity contribution in [2.75, 3.05) is 13.1 Å². The predicted molar refractivity (Wildman–Crippen MR) is 73.6 cm³/mol. The van der Waals surface area contributed by atoms with Gasteiger partial charge in [-0.05, 0) is 31.2 Å². The highest BCUT2D eigenvalue weighted by molar-refractivity contribution is 5.93. The van der Waals surface area contributed by atoms with E-state index in [9.17, 15) is 10.0 Å². The van der Waals surface area contributed by atoms with Crippen LogP contribution >= 0.6 is 0 Å². The van der Waals surface area contributed by atoms with Crippen LogP contribution in [0.3, 0.4) is 0 Å². The Morgan fingerprint density at radius 3 is 3.05 bits per heavy atom. The summed E-state index contributed by atoms with van der Waals surface area (Å²) in [5.41, 5.74) is 0.492. The molecule has 19 heavy (non-hydrogen) atoms. The topological polar surface area (TPSA) is 47.2 Å². The van der Waals surface area contributed by atoms with Gasteiger partial charge in [-0.3, -0.25) is 4.79 Å². The molecule has 1 aliphatic heterocycles. The molecule has 0 aliphatic carbocycles. The Morgan fingerprint density at radius 2 is 2.32 bits per heavy atom. The summed E-state index contributed by atoms with van der Waals surface area (Å²) in [6, 6.07) is 3.34. The fourth-order valence-corrected chi connectivity index (χ4v) is 2.83. The van der Waals surface area contributed by atoms with Gasteiger partial charge in [0.15, 0.2) is 12.4 Å². The second-order valence-electron chi connectivity index (χ2n) is 5.33. The molecule has 1 amide bonds. The van der Waals surface area contributed by atoms with Crippen LogP contribution in [0, 0.1) is 11.1 Å². The van der Waals surface area contributed by atoms with Crippen LogP contribution in [0.25, 0.3) is 0 Å². The lowest BCUT2D eigenvalue weighted by Gasteiger charge is -2.20. The molecule has 0 unspecified atom stereocenters. The second kappa shape index (κ2) is 6.55. The normalized spacial score (nSPS) is 20.1. The zero-order valence-corrected chi connectivity index (χ0v) is 11.5. The van der Waals surface area contributed by atoms with Crippen LogP contribution < -0.4 is 4.73 Å². The Hall–Kier alpha value is -1.58. The number of nitrogens with zero attached hydrogens (tertiary/aromatic N) is 2. The smallest absolute Gasteiger partial charge is 0.259 e. The molecule has 1 fully saturated rings. The van der Waals surface area contributed by atoms with E-state index in [2.05, 4.69) is 6.92 Å². The quantitative estimate of drug-likeness (QED) is 0.620. The van der Waals surface area contributed by atoms with Gasteiger partial charge in [0.2, 0.25) is 0 Å². The van der Waals surface area contributed by atoms with Gasteiger partial charge in [-0.25, -0.2) is 0 Å². The van der Waals surface area contributed by atoms with Crippen LogP contribution in [0.5, 0.6) is 0 Å². The molecule has 1 atom stereocenters. The zero-order chi connectivity index (χ0) is 13.7. The molecule has 0 N–H and O–H groups in total. The van der Waals surface area contributed by atoms with E-state index >= 15 is 0 Å². The maximum Gasteiger partial charge on any atom is 0.259 e. The lowest BCUT2D eigenvalue weighted by atomic mass is 9.96. The van der Waals surface area contributed by atoms with Crippen LogP contribution in [0.15, 0.2) is 24.5 Å². The molecule has 4 heteroatoms. The van der Waals surface area contributed by atoms with Crippen molar-refractivity contribution in [1.82, 2.24) is 4.90 Å². The molecule has 4 nitrogen and oxygen atoms in total. The molecule has 0 radical (unpaired) electrons. The molecule has 1 aliphatic rings. The van der Waals surface area contributed by atoms with E-state index in [1.54, 1.807) is 12.1 Å². The van der Waals surface area contributed by atoms with Crippen molar-refractivity contribution >= 4 is 5.91 Å². The van der Waals surface area contributed by atoms with Crippen molar-refractivity contribution in [2.24, 2.45) is 5.92 Å². The van der Waals surface area contributed by atoms with E-state index in [0.717, 1.165) is 31.8 Å². The lowest BCUT2D eigenvalue weighted by molar-refractivity contribution is -0.605. The van der Waals surface area contributed by atoms with E-state index in [1.807, 2.05) is 4.90 Å². The van der Waals surface area contributed by atoms with Crippen molar-refractivity contribution < 1.29 is 9.52 Å². The van der Waals surface area contributed by atoms with Crippen molar-refractivity contribution in [2.45, 2.75) is 39.0 Å². The summed E-state index contributed by atoms with van der Waals surface area (Å²) < 4.78 is 0.685. The standard InChI is InChI=1S/C15H22N2O2/c1-2-5-13-6-3-9-16(11-8-13)15(18)14-7-4-10-17(19)12-14/h4,7,10,12-13H,2-3,5-6,8-9,11H2,1H3/t13-/m1/s1. The van der Waals surface area contributed by atoms with E-state index in [-0.39, 0.29) is 5.91 Å². The third-order valence-electron chi connectivity index (χ3n) is 3.85. The highest BCUT2D eigenvalue weighted by Gasteiger charge is 2.22. The van der Waals surface area contributed by atoms with Crippen LogP contribution in [-0.4, -0.2) is 23.9 Å². The van der Waals surface area contributed by atoms with Gasteiger partial charge in [-0.2, -0.15) is 4.73 Å². The molecule has 2 heterocycles. The van der Waals surface area contributed by atoms with Gasteiger partial charge in [0.1, 0.15) is 5.56 Å². The lowest BCUT2D eigenvalue weighted by Crippen LogP contribution is -2.34. The van der Waals surface area contributed by atoms with Crippen LogP contribution in [0.4, 0.5) is 0 Å². The van der Waals surface area contributed by atoms with E-state index in [0.29, 0.717) is 10.3 Å². The highest BCUT2D eigenvalue weighted by Crippen LogP contribution is 2.22. The maximum absolute atomic E-state index is 12.3. The van der Waals surface area contributed by atoms with Gasteiger partial charge in [0.25, 0.3) is 5.91 Å². The molecular weight excluding hydrogens is 240 g/mol. The van der Waals surface area contributed by atoms with Gasteiger partial charge < -0.3 is 10.1 Å². The SMILES string of the molecule is CCC[C@@H]1CCCN(C(=O)c2ccc[n+]([O-])c2)CC1. The highest BCUT2D eigenvalue weighted by atomic mass is 16.5. The number of amides is 1. The maximum atomic E-state index is 12.3. The number of likely N-dealkylation sites (tertiary alicyclic amines) is 1. The Balaban J connectivity index is 2.00. The Morgan fingerprint density at radius 1 is 1.47 bits per heavy atom. The Labute approximate surface area is 114 Å². The van der Waals surface area contributed by atoms with E-state index < -0.39 is 0 Å². The minimum Gasteiger partial charge on any atom is -0.619 e. The molecule has 0 saturated carbocycles. The largest absolute Gasteiger partial charge is 0.619 e.